The first-order valence-electron chi connectivity index (χ1n) is 25.2. The number of carbonyl (C=O) groups is 3. The molecule has 1 fully saturated rings. The normalized spacial score (nSPS) is 19.2. The number of ether oxygens (including phenoxy) is 5. The van der Waals surface area contributed by atoms with Gasteiger partial charge in [-0.1, -0.05) is 194 Å². The molecule has 1 heterocycles. The second-order valence-electron chi connectivity index (χ2n) is 17.8. The molecular formula is C48H90NNaO13S. The molecule has 0 bridgehead atoms. The largest absolute Gasteiger partial charge is 1.00 e. The molecule has 1 rings (SSSR count). The first-order chi connectivity index (χ1) is 30.4. The van der Waals surface area contributed by atoms with E-state index in [0.29, 0.717) is 12.8 Å². The number of hydrogen-bond acceptors (Lipinski definition) is 14. The minimum absolute atomic E-state index is 0. The number of esters is 3. The standard InChI is InChI=1S/C48H91NO13S.Na/c1-3-5-7-9-11-13-15-17-19-21-23-25-27-29-31-33-42(50)58-37-40(60-43(51)34-32-30-28-26-24-22-20-18-16-14-12-10-8-6-4-2)38-59-48-46(54)45(53)47(62-44(52)35-36-49)41(61-48)39-63(55,56)57;/h40-41,45-48,53-54H,3-39,49H2,1-2H3,(H,55,56,57);/q;+1/p-1/t40?,41-,45-,46-,47-,48+;/m1./s1. The fourth-order valence-corrected chi connectivity index (χ4v) is 8.63. The quantitative estimate of drug-likeness (QED) is 0.0203. The van der Waals surface area contributed by atoms with Crippen molar-refractivity contribution in [2.75, 3.05) is 25.5 Å². The number of aliphatic hydroxyl groups excluding tert-OH is 2. The van der Waals surface area contributed by atoms with Gasteiger partial charge in [-0.05, 0) is 12.8 Å². The number of unbranched alkanes of at least 4 members (excludes halogenated alkanes) is 28. The van der Waals surface area contributed by atoms with Crippen LogP contribution < -0.4 is 35.3 Å². The van der Waals surface area contributed by atoms with Crippen molar-refractivity contribution >= 4 is 28.0 Å². The van der Waals surface area contributed by atoms with Gasteiger partial charge in [-0.2, -0.15) is 0 Å². The predicted octanol–water partition coefficient (Wildman–Crippen LogP) is 6.24. The first kappa shape index (κ1) is 63.1. The fraction of sp³-hybridized carbons (Fsp3) is 0.938. The number of carbonyl (C=O) groups excluding carboxylic acids is 3. The van der Waals surface area contributed by atoms with Gasteiger partial charge in [0, 0.05) is 19.4 Å². The summed E-state index contributed by atoms with van der Waals surface area (Å²) in [5.74, 6) is -3.06. The summed E-state index contributed by atoms with van der Waals surface area (Å²) in [5.41, 5.74) is 5.38. The molecular weight excluding hydrogens is 854 g/mol. The maximum atomic E-state index is 12.9. The molecule has 4 N–H and O–H groups in total. The van der Waals surface area contributed by atoms with Gasteiger partial charge in [0.15, 0.2) is 18.5 Å². The molecule has 6 atom stereocenters. The molecule has 372 valence electrons. The number of rotatable bonds is 43. The zero-order valence-electron chi connectivity index (χ0n) is 40.5. The van der Waals surface area contributed by atoms with E-state index in [1.165, 1.54) is 141 Å². The average molecular weight is 944 g/mol. The zero-order chi connectivity index (χ0) is 46.4. The third kappa shape index (κ3) is 35.3. The molecule has 0 amide bonds. The Bertz CT molecular complexity index is 1250. The molecule has 16 heteroatoms. The zero-order valence-corrected chi connectivity index (χ0v) is 43.3. The Kier molecular flexibility index (Phi) is 41.7. The van der Waals surface area contributed by atoms with Crippen molar-refractivity contribution in [1.82, 2.24) is 0 Å². The molecule has 1 aliphatic heterocycles. The number of hydrogen-bond donors (Lipinski definition) is 3. The van der Waals surface area contributed by atoms with Crippen LogP contribution in [0.15, 0.2) is 0 Å². The Morgan fingerprint density at radius 1 is 0.578 bits per heavy atom. The summed E-state index contributed by atoms with van der Waals surface area (Å²) in [5, 5.41) is 21.6. The maximum Gasteiger partial charge on any atom is 1.00 e. The van der Waals surface area contributed by atoms with Crippen LogP contribution in [0, 0.1) is 0 Å². The second kappa shape index (κ2) is 42.2. The molecule has 0 saturated carbocycles. The van der Waals surface area contributed by atoms with E-state index >= 15 is 0 Å². The molecule has 14 nitrogen and oxygen atoms in total. The molecule has 0 spiro atoms. The predicted molar refractivity (Wildman–Crippen MR) is 245 cm³/mol. The van der Waals surface area contributed by atoms with E-state index < -0.39 is 77.2 Å². The minimum atomic E-state index is -4.95. The van der Waals surface area contributed by atoms with Gasteiger partial charge < -0.3 is 44.2 Å². The van der Waals surface area contributed by atoms with Gasteiger partial charge in [-0.15, -0.1) is 0 Å². The minimum Gasteiger partial charge on any atom is -0.748 e. The van der Waals surface area contributed by atoms with Crippen molar-refractivity contribution in [3.63, 3.8) is 0 Å². The molecule has 1 unspecified atom stereocenters. The maximum absolute atomic E-state index is 12.9. The molecule has 0 aromatic carbocycles. The smallest absolute Gasteiger partial charge is 0.748 e. The Labute approximate surface area is 410 Å². The summed E-state index contributed by atoms with van der Waals surface area (Å²) in [7, 11) is -4.95. The van der Waals surface area contributed by atoms with E-state index in [1.54, 1.807) is 0 Å². The van der Waals surface area contributed by atoms with Crippen LogP contribution in [0.2, 0.25) is 0 Å². The summed E-state index contributed by atoms with van der Waals surface area (Å²) in [6, 6.07) is 0. The van der Waals surface area contributed by atoms with Gasteiger partial charge in [0.05, 0.1) is 28.9 Å². The van der Waals surface area contributed by atoms with Crippen LogP contribution in [0.3, 0.4) is 0 Å². The van der Waals surface area contributed by atoms with E-state index in [2.05, 4.69) is 13.8 Å². The average Bonchev–Trinajstić information content (AvgIpc) is 3.24. The molecule has 0 aromatic rings. The van der Waals surface area contributed by atoms with Crippen molar-refractivity contribution in [2.24, 2.45) is 5.73 Å². The third-order valence-corrected chi connectivity index (χ3v) is 12.5. The van der Waals surface area contributed by atoms with Gasteiger partial charge in [-0.25, -0.2) is 8.42 Å². The Balaban J connectivity index is 0.0000397. The topological polar surface area (TPSA) is 221 Å². The van der Waals surface area contributed by atoms with Crippen LogP contribution in [0.1, 0.15) is 226 Å². The van der Waals surface area contributed by atoms with Crippen molar-refractivity contribution < 1.29 is 90.8 Å². The summed E-state index contributed by atoms with van der Waals surface area (Å²) < 4.78 is 62.5. The van der Waals surface area contributed by atoms with Crippen molar-refractivity contribution in [1.29, 1.82) is 0 Å². The summed E-state index contributed by atoms with van der Waals surface area (Å²) in [6.07, 6.45) is 26.1. The number of aliphatic hydroxyl groups is 2. The first-order valence-corrected chi connectivity index (χ1v) is 26.8. The van der Waals surface area contributed by atoms with Crippen LogP contribution in [0.4, 0.5) is 0 Å². The van der Waals surface area contributed by atoms with Crippen LogP contribution in [0.25, 0.3) is 0 Å². The van der Waals surface area contributed by atoms with Gasteiger partial charge in [0.2, 0.25) is 0 Å². The van der Waals surface area contributed by atoms with Crippen molar-refractivity contribution in [3.05, 3.63) is 0 Å². The van der Waals surface area contributed by atoms with Crippen LogP contribution in [-0.2, 0) is 48.2 Å². The Morgan fingerprint density at radius 2 is 0.969 bits per heavy atom. The van der Waals surface area contributed by atoms with E-state index in [4.69, 9.17) is 29.4 Å². The Morgan fingerprint density at radius 3 is 1.36 bits per heavy atom. The third-order valence-electron chi connectivity index (χ3n) is 11.8. The van der Waals surface area contributed by atoms with Gasteiger partial charge in [0.1, 0.15) is 24.9 Å². The van der Waals surface area contributed by atoms with Gasteiger partial charge >= 0.3 is 47.5 Å². The second-order valence-corrected chi connectivity index (χ2v) is 19.2. The van der Waals surface area contributed by atoms with Crippen LogP contribution in [0.5, 0.6) is 0 Å². The molecule has 0 aromatic heterocycles. The monoisotopic (exact) mass is 944 g/mol. The molecule has 1 aliphatic rings. The molecule has 0 aliphatic carbocycles. The molecule has 1 saturated heterocycles. The van der Waals surface area contributed by atoms with Crippen molar-refractivity contribution in [2.45, 2.75) is 263 Å². The fourth-order valence-electron chi connectivity index (χ4n) is 7.96. The van der Waals surface area contributed by atoms with Gasteiger partial charge in [-0.3, -0.25) is 14.4 Å². The SMILES string of the molecule is CCCCCCCCCCCCCCCCCC(=O)OCC(CO[C@H]1O[C@H](CS(=O)(=O)[O-])[C@@H](OC(=O)CCN)[C@H](O)[C@H]1O)OC(=O)CCCCCCCCCCCCCCCCC.[Na+]. The van der Waals surface area contributed by atoms with Crippen LogP contribution >= 0.6 is 0 Å². The number of nitrogens with two attached hydrogens (primary N) is 1. The van der Waals surface area contributed by atoms with Crippen LogP contribution in [-0.4, -0.2) is 103 Å². The van der Waals surface area contributed by atoms with E-state index in [-0.39, 0.29) is 62.0 Å². The molecule has 0 radical (unpaired) electrons. The summed E-state index contributed by atoms with van der Waals surface area (Å²) >= 11 is 0. The van der Waals surface area contributed by atoms with E-state index in [1.807, 2.05) is 0 Å². The van der Waals surface area contributed by atoms with E-state index in [0.717, 1.165) is 38.5 Å². The van der Waals surface area contributed by atoms with Gasteiger partial charge in [0.25, 0.3) is 0 Å². The summed E-state index contributed by atoms with van der Waals surface area (Å²) in [6.45, 7) is 3.59. The molecule has 64 heavy (non-hydrogen) atoms. The van der Waals surface area contributed by atoms with Crippen molar-refractivity contribution in [3.8, 4) is 0 Å². The van der Waals surface area contributed by atoms with E-state index in [9.17, 15) is 37.6 Å². The Hall–Kier alpha value is -0.880. The summed E-state index contributed by atoms with van der Waals surface area (Å²) in [4.78, 5) is 37.8.